The van der Waals surface area contributed by atoms with E-state index in [2.05, 4.69) is 31.9 Å². The summed E-state index contributed by atoms with van der Waals surface area (Å²) in [6.45, 7) is 0.916. The van der Waals surface area contributed by atoms with Gasteiger partial charge in [0.15, 0.2) is 5.78 Å². The van der Waals surface area contributed by atoms with Crippen molar-refractivity contribution < 1.29 is 24.2 Å². The van der Waals surface area contributed by atoms with Crippen molar-refractivity contribution in [2.45, 2.75) is 12.8 Å². The zero-order valence-electron chi connectivity index (χ0n) is 10.0. The van der Waals surface area contributed by atoms with Gasteiger partial charge in [0, 0.05) is 19.6 Å². The molecule has 1 aliphatic rings. The van der Waals surface area contributed by atoms with E-state index in [1.807, 2.05) is 0 Å². The Labute approximate surface area is 127 Å². The van der Waals surface area contributed by atoms with Crippen molar-refractivity contribution >= 4 is 49.5 Å². The molecule has 0 spiro atoms. The number of nitrogens with zero attached hydrogens (tertiary/aromatic N) is 1. The summed E-state index contributed by atoms with van der Waals surface area (Å²) < 4.78 is 5.70. The monoisotopic (exact) mass is 397 g/mol. The maximum absolute atomic E-state index is 11.8. The highest BCUT2D eigenvalue weighted by atomic mass is 79.9. The molecular formula is C11H13Br2NO5. The van der Waals surface area contributed by atoms with Gasteiger partial charge in [-0.1, -0.05) is 0 Å². The minimum absolute atomic E-state index is 0.0208. The van der Waals surface area contributed by atoms with Crippen LogP contribution in [0.5, 0.6) is 0 Å². The Hall–Kier alpha value is -0.730. The van der Waals surface area contributed by atoms with Gasteiger partial charge in [-0.25, -0.2) is 0 Å². The number of ether oxygens (including phenoxy) is 1. The van der Waals surface area contributed by atoms with Crippen LogP contribution in [-0.2, 0) is 19.1 Å². The van der Waals surface area contributed by atoms with Crippen LogP contribution in [-0.4, -0.2) is 54.0 Å². The summed E-state index contributed by atoms with van der Waals surface area (Å²) in [5, 5.41) is 8.43. The topological polar surface area (TPSA) is 83.9 Å². The molecule has 1 N–H and O–H groups in total. The number of hydrogen-bond acceptors (Lipinski definition) is 4. The quantitative estimate of drug-likeness (QED) is 0.653. The molecule has 0 saturated heterocycles. The second kappa shape index (κ2) is 7.76. The summed E-state index contributed by atoms with van der Waals surface area (Å²) in [6, 6.07) is 0. The molecule has 1 amide bonds. The van der Waals surface area contributed by atoms with Crippen molar-refractivity contribution in [2.75, 3.05) is 26.3 Å². The third-order valence-electron chi connectivity index (χ3n) is 2.43. The Balaban J connectivity index is 2.29. The van der Waals surface area contributed by atoms with E-state index in [1.165, 1.54) is 4.90 Å². The predicted molar refractivity (Wildman–Crippen MR) is 74.2 cm³/mol. The molecule has 0 aliphatic carbocycles. The lowest BCUT2D eigenvalue weighted by Crippen LogP contribution is -2.42. The van der Waals surface area contributed by atoms with Crippen molar-refractivity contribution in [3.8, 4) is 0 Å². The highest BCUT2D eigenvalue weighted by Crippen LogP contribution is 2.25. The first-order valence-electron chi connectivity index (χ1n) is 5.60. The molecule has 0 fully saturated rings. The average molecular weight is 399 g/mol. The number of amides is 1. The zero-order chi connectivity index (χ0) is 14.4. The molecule has 1 heterocycles. The van der Waals surface area contributed by atoms with Crippen LogP contribution in [0.2, 0.25) is 0 Å². The number of carboxylic acids is 1. The molecule has 0 aromatic rings. The van der Waals surface area contributed by atoms with Gasteiger partial charge in [-0.05, 0) is 38.3 Å². The summed E-state index contributed by atoms with van der Waals surface area (Å²) in [5.41, 5.74) is 0. The van der Waals surface area contributed by atoms with Gasteiger partial charge >= 0.3 is 5.97 Å². The lowest BCUT2D eigenvalue weighted by Gasteiger charge is -2.25. The van der Waals surface area contributed by atoms with E-state index in [4.69, 9.17) is 9.84 Å². The van der Waals surface area contributed by atoms with Crippen molar-refractivity contribution in [1.82, 2.24) is 4.90 Å². The maximum Gasteiger partial charge on any atom is 0.303 e. The maximum atomic E-state index is 11.8. The van der Waals surface area contributed by atoms with Crippen LogP contribution in [0.25, 0.3) is 0 Å². The van der Waals surface area contributed by atoms with E-state index in [0.717, 1.165) is 0 Å². The van der Waals surface area contributed by atoms with Gasteiger partial charge in [0.05, 0.1) is 17.6 Å². The predicted octanol–water partition coefficient (Wildman–Crippen LogP) is 1.28. The number of hydrogen-bond donors (Lipinski definition) is 1. The molecule has 0 bridgehead atoms. The highest BCUT2D eigenvalue weighted by Gasteiger charge is 2.29. The molecule has 106 valence electrons. The molecule has 0 aromatic heterocycles. The third-order valence-corrected chi connectivity index (χ3v) is 4.54. The van der Waals surface area contributed by atoms with Gasteiger partial charge in [0.25, 0.3) is 5.91 Å². The SMILES string of the molecule is O=C(O)CCCOCCN1CC(=O)C(Br)=C(Br)C1=O. The number of carbonyl (C=O) groups is 3. The Morgan fingerprint density at radius 3 is 2.58 bits per heavy atom. The van der Waals surface area contributed by atoms with Gasteiger partial charge < -0.3 is 14.7 Å². The fourth-order valence-corrected chi connectivity index (χ4v) is 2.22. The Bertz CT molecular complexity index is 421. The van der Waals surface area contributed by atoms with Crippen LogP contribution in [0.1, 0.15) is 12.8 Å². The van der Waals surface area contributed by atoms with Gasteiger partial charge in [-0.3, -0.25) is 14.4 Å². The van der Waals surface area contributed by atoms with E-state index in [0.29, 0.717) is 19.6 Å². The highest BCUT2D eigenvalue weighted by molar-refractivity contribution is 9.14. The Kier molecular flexibility index (Phi) is 6.67. The van der Waals surface area contributed by atoms with Crippen LogP contribution < -0.4 is 0 Å². The molecule has 1 aliphatic heterocycles. The van der Waals surface area contributed by atoms with Crippen LogP contribution in [0.3, 0.4) is 0 Å². The number of carboxylic acid groups (broad SMARTS) is 1. The number of carbonyl (C=O) groups excluding carboxylic acids is 2. The normalized spacial score (nSPS) is 16.2. The Morgan fingerprint density at radius 1 is 1.26 bits per heavy atom. The van der Waals surface area contributed by atoms with Crippen molar-refractivity contribution in [2.24, 2.45) is 0 Å². The summed E-state index contributed by atoms with van der Waals surface area (Å²) in [5.74, 6) is -1.29. The number of Topliss-reactive ketones (excluding diaryl/α,β-unsaturated/α-hetero) is 1. The second-order valence-corrected chi connectivity index (χ2v) is 5.47. The molecule has 0 atom stereocenters. The van der Waals surface area contributed by atoms with Crippen LogP contribution in [0, 0.1) is 0 Å². The van der Waals surface area contributed by atoms with E-state index in [-0.39, 0.29) is 40.2 Å². The molecule has 0 saturated carbocycles. The zero-order valence-corrected chi connectivity index (χ0v) is 13.2. The Morgan fingerprint density at radius 2 is 1.95 bits per heavy atom. The fraction of sp³-hybridized carbons (Fsp3) is 0.545. The number of rotatable bonds is 7. The summed E-state index contributed by atoms with van der Waals surface area (Å²) in [7, 11) is 0. The van der Waals surface area contributed by atoms with Crippen molar-refractivity contribution in [3.63, 3.8) is 0 Å². The van der Waals surface area contributed by atoms with Crippen LogP contribution in [0.4, 0.5) is 0 Å². The molecule has 1 rings (SSSR count). The number of ketones is 1. The van der Waals surface area contributed by atoms with Gasteiger partial charge in [-0.15, -0.1) is 0 Å². The van der Waals surface area contributed by atoms with E-state index >= 15 is 0 Å². The first-order valence-corrected chi connectivity index (χ1v) is 7.19. The molecule has 0 radical (unpaired) electrons. The fourth-order valence-electron chi connectivity index (χ4n) is 1.45. The standard InChI is InChI=1S/C11H13Br2NO5/c12-9-7(15)6-14(11(18)10(9)13)3-5-19-4-1-2-8(16)17/h1-6H2,(H,16,17). The molecular weight excluding hydrogens is 386 g/mol. The van der Waals surface area contributed by atoms with Crippen molar-refractivity contribution in [3.05, 3.63) is 8.96 Å². The lowest BCUT2D eigenvalue weighted by atomic mass is 10.2. The third kappa shape index (κ3) is 5.04. The summed E-state index contributed by atoms with van der Waals surface area (Å²) >= 11 is 6.12. The summed E-state index contributed by atoms with van der Waals surface area (Å²) in [4.78, 5) is 35.0. The van der Waals surface area contributed by atoms with Gasteiger partial charge in [0.2, 0.25) is 0 Å². The number of aliphatic carboxylic acids is 1. The first kappa shape index (κ1) is 16.3. The van der Waals surface area contributed by atoms with E-state index in [1.54, 1.807) is 0 Å². The minimum Gasteiger partial charge on any atom is -0.481 e. The summed E-state index contributed by atoms with van der Waals surface area (Å²) in [6.07, 6.45) is 0.486. The molecule has 8 heteroatoms. The van der Waals surface area contributed by atoms with E-state index in [9.17, 15) is 14.4 Å². The average Bonchev–Trinajstić information content (AvgIpc) is 2.36. The molecule has 0 aromatic carbocycles. The first-order chi connectivity index (χ1) is 8.93. The van der Waals surface area contributed by atoms with Crippen molar-refractivity contribution in [1.29, 1.82) is 0 Å². The van der Waals surface area contributed by atoms with Gasteiger partial charge in [0.1, 0.15) is 4.48 Å². The lowest BCUT2D eigenvalue weighted by molar-refractivity contribution is -0.137. The molecule has 0 unspecified atom stereocenters. The second-order valence-electron chi connectivity index (χ2n) is 3.89. The van der Waals surface area contributed by atoms with E-state index < -0.39 is 5.97 Å². The van der Waals surface area contributed by atoms with Gasteiger partial charge in [-0.2, -0.15) is 0 Å². The minimum atomic E-state index is -0.862. The number of halogens is 2. The largest absolute Gasteiger partial charge is 0.481 e. The molecule has 19 heavy (non-hydrogen) atoms. The van der Waals surface area contributed by atoms with Crippen LogP contribution in [0.15, 0.2) is 8.96 Å². The van der Waals surface area contributed by atoms with Crippen LogP contribution >= 0.6 is 31.9 Å². The smallest absolute Gasteiger partial charge is 0.303 e. The molecule has 6 nitrogen and oxygen atoms in total.